The predicted molar refractivity (Wildman–Crippen MR) is 43.5 cm³/mol. The number of rotatable bonds is 2. The summed E-state index contributed by atoms with van der Waals surface area (Å²) in [5, 5.41) is 17.6. The molecule has 0 fully saturated rings. The average molecular weight is 169 g/mol. The molecule has 0 bridgehead atoms. The van der Waals surface area contributed by atoms with Crippen LogP contribution in [0.5, 0.6) is 0 Å². The summed E-state index contributed by atoms with van der Waals surface area (Å²) in [5.41, 5.74) is 6.22. The van der Waals surface area contributed by atoms with Crippen molar-refractivity contribution in [3.8, 4) is 0 Å². The molecule has 1 rings (SSSR count). The highest BCUT2D eigenvalue weighted by Crippen LogP contribution is 1.92. The zero-order valence-electron chi connectivity index (χ0n) is 6.51. The number of anilines is 1. The maximum Gasteiger partial charge on any atom is 0.163 e. The minimum atomic E-state index is -0.0373. The van der Waals surface area contributed by atoms with Gasteiger partial charge in [-0.25, -0.2) is 0 Å². The molecule has 4 N–H and O–H groups in total. The van der Waals surface area contributed by atoms with Gasteiger partial charge in [0.2, 0.25) is 0 Å². The molecule has 0 radical (unpaired) electrons. The maximum atomic E-state index is 9.18. The van der Waals surface area contributed by atoms with Gasteiger partial charge in [0.05, 0.1) is 25.0 Å². The Kier molecular flexibility index (Phi) is 2.71. The first-order chi connectivity index (χ1) is 5.74. The highest BCUT2D eigenvalue weighted by molar-refractivity contribution is 5.32. The largest absolute Gasteiger partial charge is 0.427 e. The van der Waals surface area contributed by atoms with E-state index in [1.165, 1.54) is 6.20 Å². The minimum Gasteiger partial charge on any atom is -0.427 e. The number of nitrogen functional groups attached to an aromatic ring is 1. The SMILES string of the molecule is Nc1ccc(=NCCO)n(O)c1. The maximum absolute atomic E-state index is 9.18. The number of aromatic nitrogens is 1. The molecule has 0 unspecified atom stereocenters. The Hall–Kier alpha value is -1.49. The summed E-state index contributed by atoms with van der Waals surface area (Å²) in [6, 6.07) is 3.20. The molecular weight excluding hydrogens is 158 g/mol. The van der Waals surface area contributed by atoms with Crippen molar-refractivity contribution in [1.29, 1.82) is 0 Å². The molecule has 5 heteroatoms. The monoisotopic (exact) mass is 169 g/mol. The zero-order valence-corrected chi connectivity index (χ0v) is 6.51. The molecule has 0 spiro atoms. The van der Waals surface area contributed by atoms with Crippen LogP contribution in [0.3, 0.4) is 0 Å². The summed E-state index contributed by atoms with van der Waals surface area (Å²) < 4.78 is 0.824. The third-order valence-corrected chi connectivity index (χ3v) is 1.30. The Bertz CT molecular complexity index is 319. The van der Waals surface area contributed by atoms with E-state index < -0.39 is 0 Å². The van der Waals surface area contributed by atoms with Crippen LogP contribution < -0.4 is 11.2 Å². The van der Waals surface area contributed by atoms with Gasteiger partial charge in [0, 0.05) is 0 Å². The first-order valence-electron chi connectivity index (χ1n) is 3.53. The fraction of sp³-hybridized carbons (Fsp3) is 0.286. The van der Waals surface area contributed by atoms with E-state index >= 15 is 0 Å². The van der Waals surface area contributed by atoms with E-state index in [0.717, 1.165) is 4.73 Å². The van der Waals surface area contributed by atoms with E-state index in [-0.39, 0.29) is 13.2 Å². The van der Waals surface area contributed by atoms with Crippen molar-refractivity contribution in [3.63, 3.8) is 0 Å². The Labute approximate surface area is 69.4 Å². The molecule has 0 amide bonds. The zero-order chi connectivity index (χ0) is 8.97. The molecule has 0 atom stereocenters. The highest BCUT2D eigenvalue weighted by atomic mass is 16.5. The topological polar surface area (TPSA) is 83.8 Å². The van der Waals surface area contributed by atoms with Crippen molar-refractivity contribution in [1.82, 2.24) is 4.73 Å². The average Bonchev–Trinajstić information content (AvgIpc) is 2.03. The molecule has 5 nitrogen and oxygen atoms in total. The van der Waals surface area contributed by atoms with Crippen molar-refractivity contribution in [2.75, 3.05) is 18.9 Å². The second kappa shape index (κ2) is 3.77. The molecule has 0 aliphatic heterocycles. The van der Waals surface area contributed by atoms with Gasteiger partial charge in [-0.3, -0.25) is 4.99 Å². The van der Waals surface area contributed by atoms with Gasteiger partial charge in [-0.2, -0.15) is 4.73 Å². The normalized spacial score (nSPS) is 11.9. The Morgan fingerprint density at radius 1 is 1.50 bits per heavy atom. The number of aliphatic hydroxyl groups is 1. The molecule has 66 valence electrons. The molecule has 1 aromatic rings. The van der Waals surface area contributed by atoms with Crippen LogP contribution in [0.4, 0.5) is 5.69 Å². The second-order valence-electron chi connectivity index (χ2n) is 2.27. The van der Waals surface area contributed by atoms with Crippen LogP contribution >= 0.6 is 0 Å². The summed E-state index contributed by atoms with van der Waals surface area (Å²) in [6.07, 6.45) is 1.34. The van der Waals surface area contributed by atoms with Crippen molar-refractivity contribution >= 4 is 5.69 Å². The number of hydrogen-bond donors (Lipinski definition) is 3. The Morgan fingerprint density at radius 3 is 2.83 bits per heavy atom. The van der Waals surface area contributed by atoms with E-state index in [4.69, 9.17) is 10.8 Å². The quantitative estimate of drug-likeness (QED) is 0.507. The highest BCUT2D eigenvalue weighted by Gasteiger charge is 1.89. The fourth-order valence-electron chi connectivity index (χ4n) is 0.787. The molecule has 0 saturated heterocycles. The van der Waals surface area contributed by atoms with Crippen LogP contribution in [0.2, 0.25) is 0 Å². The van der Waals surface area contributed by atoms with E-state index in [0.29, 0.717) is 11.2 Å². The molecule has 0 aliphatic carbocycles. The van der Waals surface area contributed by atoms with Crippen molar-refractivity contribution < 1.29 is 10.3 Å². The van der Waals surface area contributed by atoms with Gasteiger partial charge >= 0.3 is 0 Å². The molecular formula is C7H11N3O2. The van der Waals surface area contributed by atoms with Crippen LogP contribution in [0, 0.1) is 0 Å². The van der Waals surface area contributed by atoms with Crippen LogP contribution in [0.15, 0.2) is 23.3 Å². The number of nitrogens with two attached hydrogens (primary N) is 1. The molecule has 1 aromatic heterocycles. The van der Waals surface area contributed by atoms with Crippen molar-refractivity contribution in [2.45, 2.75) is 0 Å². The van der Waals surface area contributed by atoms with Gasteiger partial charge in [0.15, 0.2) is 5.49 Å². The second-order valence-corrected chi connectivity index (χ2v) is 2.27. The summed E-state index contributed by atoms with van der Waals surface area (Å²) in [4.78, 5) is 3.87. The summed E-state index contributed by atoms with van der Waals surface area (Å²) in [7, 11) is 0. The van der Waals surface area contributed by atoms with Crippen molar-refractivity contribution in [2.24, 2.45) is 4.99 Å². The Morgan fingerprint density at radius 2 is 2.25 bits per heavy atom. The summed E-state index contributed by atoms with van der Waals surface area (Å²) in [6.45, 7) is 0.231. The number of hydrogen-bond acceptors (Lipinski definition) is 4. The van der Waals surface area contributed by atoms with Crippen LogP contribution in [-0.4, -0.2) is 28.2 Å². The molecule has 1 heterocycles. The van der Waals surface area contributed by atoms with E-state index in [1.54, 1.807) is 12.1 Å². The van der Waals surface area contributed by atoms with E-state index in [1.807, 2.05) is 0 Å². The van der Waals surface area contributed by atoms with Crippen LogP contribution in [0.1, 0.15) is 0 Å². The smallest absolute Gasteiger partial charge is 0.163 e. The van der Waals surface area contributed by atoms with Gasteiger partial charge in [-0.1, -0.05) is 0 Å². The van der Waals surface area contributed by atoms with Gasteiger partial charge in [-0.15, -0.1) is 0 Å². The van der Waals surface area contributed by atoms with E-state index in [2.05, 4.69) is 4.99 Å². The standard InChI is InChI=1S/C7H11N3O2/c8-6-1-2-7(9-3-4-11)10(12)5-6/h1-2,5,11-12H,3-4,8H2. The molecule has 0 aromatic carbocycles. The lowest BCUT2D eigenvalue weighted by molar-refractivity contribution is 0.171. The third kappa shape index (κ3) is 2.00. The van der Waals surface area contributed by atoms with Crippen LogP contribution in [0.25, 0.3) is 0 Å². The van der Waals surface area contributed by atoms with Crippen LogP contribution in [-0.2, 0) is 0 Å². The minimum absolute atomic E-state index is 0.0373. The molecule has 0 aliphatic rings. The van der Waals surface area contributed by atoms with Gasteiger partial charge in [-0.05, 0) is 12.1 Å². The number of aliphatic hydroxyl groups excluding tert-OH is 1. The first kappa shape index (κ1) is 8.61. The van der Waals surface area contributed by atoms with Crippen molar-refractivity contribution in [3.05, 3.63) is 23.8 Å². The number of pyridine rings is 1. The molecule has 12 heavy (non-hydrogen) atoms. The fourth-order valence-corrected chi connectivity index (χ4v) is 0.787. The van der Waals surface area contributed by atoms with E-state index in [9.17, 15) is 5.21 Å². The predicted octanol–water partition coefficient (Wildman–Crippen LogP) is -0.799. The lowest BCUT2D eigenvalue weighted by Gasteiger charge is -1.98. The molecule has 0 saturated carbocycles. The van der Waals surface area contributed by atoms with Gasteiger partial charge in [0.25, 0.3) is 0 Å². The van der Waals surface area contributed by atoms with Gasteiger partial charge in [0.1, 0.15) is 0 Å². The first-order valence-corrected chi connectivity index (χ1v) is 3.53. The summed E-state index contributed by atoms with van der Waals surface area (Å²) >= 11 is 0. The number of nitrogens with zero attached hydrogens (tertiary/aromatic N) is 2. The van der Waals surface area contributed by atoms with Gasteiger partial charge < -0.3 is 16.0 Å². The third-order valence-electron chi connectivity index (χ3n) is 1.30. The summed E-state index contributed by atoms with van der Waals surface area (Å²) in [5.74, 6) is 0. The Balaban J connectivity index is 3.01. The lowest BCUT2D eigenvalue weighted by Crippen LogP contribution is -2.19. The lowest BCUT2D eigenvalue weighted by atomic mass is 10.4.